The zero-order valence-electron chi connectivity index (χ0n) is 12.3. The van der Waals surface area contributed by atoms with E-state index < -0.39 is 0 Å². The van der Waals surface area contributed by atoms with E-state index in [1.807, 2.05) is 0 Å². The van der Waals surface area contributed by atoms with E-state index in [-0.39, 0.29) is 18.0 Å². The smallest absolute Gasteiger partial charge is 0.0922 e. The van der Waals surface area contributed by atoms with Gasteiger partial charge in [0.1, 0.15) is 0 Å². The number of rotatable bonds is 6. The Balaban J connectivity index is 2.53. The van der Waals surface area contributed by atoms with E-state index in [1.54, 1.807) is 0 Å². The minimum atomic E-state index is -0.173. The van der Waals surface area contributed by atoms with Gasteiger partial charge in [0.05, 0.1) is 6.67 Å². The van der Waals surface area contributed by atoms with Crippen LogP contribution >= 0.6 is 0 Å². The van der Waals surface area contributed by atoms with Crippen LogP contribution in [0.3, 0.4) is 0 Å². The molecule has 0 fully saturated rings. The predicted octanol–water partition coefficient (Wildman–Crippen LogP) is 5.30. The van der Waals surface area contributed by atoms with E-state index in [4.69, 9.17) is 0 Å². The topological polar surface area (TPSA) is 0 Å². The van der Waals surface area contributed by atoms with E-state index in [2.05, 4.69) is 52.0 Å². The molecule has 0 saturated heterocycles. The Hall–Kier alpha value is -0.850. The first-order valence-corrected chi connectivity index (χ1v) is 7.12. The largest absolute Gasteiger partial charge is 0.251 e. The Kier molecular flexibility index (Phi) is 5.84. The number of halogens is 1. The van der Waals surface area contributed by atoms with Gasteiger partial charge in [0.2, 0.25) is 0 Å². The van der Waals surface area contributed by atoms with Crippen molar-refractivity contribution in [2.45, 2.75) is 58.8 Å². The highest BCUT2D eigenvalue weighted by molar-refractivity contribution is 5.27. The third-order valence-corrected chi connectivity index (χ3v) is 3.58. The number of alkyl halides is 1. The van der Waals surface area contributed by atoms with Crippen LogP contribution in [0.5, 0.6) is 0 Å². The lowest BCUT2D eigenvalue weighted by Gasteiger charge is -2.19. The fourth-order valence-corrected chi connectivity index (χ4v) is 2.25. The third-order valence-electron chi connectivity index (χ3n) is 3.58. The molecule has 0 radical (unpaired) electrons. The van der Waals surface area contributed by atoms with Crippen LogP contribution in [0.4, 0.5) is 4.39 Å². The van der Waals surface area contributed by atoms with Crippen LogP contribution in [-0.2, 0) is 11.8 Å². The lowest BCUT2D eigenvalue weighted by Crippen LogP contribution is -2.11. The predicted molar refractivity (Wildman–Crippen MR) is 77.8 cm³/mol. The Bertz CT molecular complexity index is 332. The van der Waals surface area contributed by atoms with Crippen molar-refractivity contribution < 1.29 is 4.39 Å². The van der Waals surface area contributed by atoms with E-state index >= 15 is 0 Å². The van der Waals surface area contributed by atoms with E-state index in [9.17, 15) is 4.39 Å². The van der Waals surface area contributed by atoms with E-state index in [1.165, 1.54) is 11.1 Å². The normalized spacial score (nSPS) is 13.6. The van der Waals surface area contributed by atoms with Crippen LogP contribution in [0.1, 0.15) is 58.1 Å². The molecule has 1 rings (SSSR count). The molecule has 1 aromatic rings. The zero-order chi connectivity index (χ0) is 13.6. The summed E-state index contributed by atoms with van der Waals surface area (Å²) in [6.45, 7) is 8.63. The Morgan fingerprint density at radius 1 is 1.06 bits per heavy atom. The lowest BCUT2D eigenvalue weighted by molar-refractivity contribution is 0.325. The lowest BCUT2D eigenvalue weighted by atomic mass is 9.86. The first kappa shape index (κ1) is 15.2. The van der Waals surface area contributed by atoms with Crippen molar-refractivity contribution in [1.29, 1.82) is 0 Å². The first-order chi connectivity index (χ1) is 8.47. The second-order valence-electron chi connectivity index (χ2n) is 6.29. The van der Waals surface area contributed by atoms with E-state index in [0.717, 1.165) is 25.7 Å². The molecule has 1 heteroatoms. The van der Waals surface area contributed by atoms with Crippen LogP contribution in [0.15, 0.2) is 24.3 Å². The van der Waals surface area contributed by atoms with Gasteiger partial charge >= 0.3 is 0 Å². The van der Waals surface area contributed by atoms with Crippen molar-refractivity contribution in [3.8, 4) is 0 Å². The van der Waals surface area contributed by atoms with Gasteiger partial charge in [0.15, 0.2) is 0 Å². The molecule has 1 atom stereocenters. The maximum atomic E-state index is 12.8. The van der Waals surface area contributed by atoms with Gasteiger partial charge in [-0.1, -0.05) is 58.4 Å². The average Bonchev–Trinajstić information content (AvgIpc) is 2.34. The van der Waals surface area contributed by atoms with Crippen molar-refractivity contribution >= 4 is 0 Å². The molecule has 0 aliphatic carbocycles. The Morgan fingerprint density at radius 3 is 2.11 bits per heavy atom. The van der Waals surface area contributed by atoms with Crippen molar-refractivity contribution in [3.63, 3.8) is 0 Å². The molecule has 0 bridgehead atoms. The Labute approximate surface area is 112 Å². The molecule has 0 amide bonds. The summed E-state index contributed by atoms with van der Waals surface area (Å²) in [4.78, 5) is 0. The summed E-state index contributed by atoms with van der Waals surface area (Å²) in [5.41, 5.74) is 2.90. The van der Waals surface area contributed by atoms with Gasteiger partial charge in [-0.15, -0.1) is 0 Å². The molecule has 0 aliphatic heterocycles. The van der Waals surface area contributed by atoms with Crippen LogP contribution in [0.2, 0.25) is 0 Å². The average molecular weight is 250 g/mol. The molecular weight excluding hydrogens is 223 g/mol. The van der Waals surface area contributed by atoms with E-state index in [0.29, 0.717) is 0 Å². The van der Waals surface area contributed by atoms with Gasteiger partial charge in [0.25, 0.3) is 0 Å². The zero-order valence-corrected chi connectivity index (χ0v) is 12.3. The quantitative estimate of drug-likeness (QED) is 0.642. The van der Waals surface area contributed by atoms with Crippen molar-refractivity contribution in [1.82, 2.24) is 0 Å². The molecular formula is C17H27F. The maximum absolute atomic E-state index is 12.8. The number of aryl methyl sites for hydroxylation is 1. The summed E-state index contributed by atoms with van der Waals surface area (Å²) in [6, 6.07) is 8.81. The maximum Gasteiger partial charge on any atom is 0.0922 e. The molecule has 0 nitrogen and oxygen atoms in total. The van der Waals surface area contributed by atoms with Crippen LogP contribution in [0, 0.1) is 5.92 Å². The standard InChI is InChI=1S/C17H27F/c1-5-6-15(13-18)8-7-14-9-11-16(12-10-14)17(2,3)4/h9-12,15H,5-8,13H2,1-4H3. The summed E-state index contributed by atoms with van der Waals surface area (Å²) >= 11 is 0. The van der Waals surface area contributed by atoms with Crippen LogP contribution in [-0.4, -0.2) is 6.67 Å². The minimum absolute atomic E-state index is 0.173. The van der Waals surface area contributed by atoms with Crippen LogP contribution < -0.4 is 0 Å². The molecule has 0 aromatic heterocycles. The van der Waals surface area contributed by atoms with Crippen molar-refractivity contribution in [2.75, 3.05) is 6.67 Å². The summed E-state index contributed by atoms with van der Waals surface area (Å²) in [5, 5.41) is 0. The molecule has 0 spiro atoms. The van der Waals surface area contributed by atoms with Crippen molar-refractivity contribution in [3.05, 3.63) is 35.4 Å². The van der Waals surface area contributed by atoms with Gasteiger partial charge in [-0.25, -0.2) is 0 Å². The number of hydrogen-bond donors (Lipinski definition) is 0. The molecule has 0 saturated carbocycles. The molecule has 0 aliphatic rings. The summed E-state index contributed by atoms with van der Waals surface area (Å²) in [5.74, 6) is 0.247. The van der Waals surface area contributed by atoms with Gasteiger partial charge < -0.3 is 0 Å². The first-order valence-electron chi connectivity index (χ1n) is 7.12. The summed E-state index contributed by atoms with van der Waals surface area (Å²) < 4.78 is 12.8. The molecule has 102 valence electrons. The monoisotopic (exact) mass is 250 g/mol. The highest BCUT2D eigenvalue weighted by Gasteiger charge is 2.13. The Morgan fingerprint density at radius 2 is 1.67 bits per heavy atom. The molecule has 0 heterocycles. The fourth-order valence-electron chi connectivity index (χ4n) is 2.25. The van der Waals surface area contributed by atoms with Gasteiger partial charge in [0, 0.05) is 0 Å². The summed E-state index contributed by atoms with van der Waals surface area (Å²) in [7, 11) is 0. The third kappa shape index (κ3) is 4.80. The highest BCUT2D eigenvalue weighted by atomic mass is 19.1. The molecule has 1 unspecified atom stereocenters. The molecule has 18 heavy (non-hydrogen) atoms. The van der Waals surface area contributed by atoms with Crippen molar-refractivity contribution in [2.24, 2.45) is 5.92 Å². The number of hydrogen-bond acceptors (Lipinski definition) is 0. The SMILES string of the molecule is CCCC(CF)CCc1ccc(C(C)(C)C)cc1. The molecule has 1 aromatic carbocycles. The second kappa shape index (κ2) is 6.92. The fraction of sp³-hybridized carbons (Fsp3) is 0.647. The molecule has 0 N–H and O–H groups in total. The number of benzene rings is 1. The van der Waals surface area contributed by atoms with Gasteiger partial charge in [-0.2, -0.15) is 0 Å². The van der Waals surface area contributed by atoms with Crippen LogP contribution in [0.25, 0.3) is 0 Å². The second-order valence-corrected chi connectivity index (χ2v) is 6.29. The highest BCUT2D eigenvalue weighted by Crippen LogP contribution is 2.23. The summed E-state index contributed by atoms with van der Waals surface area (Å²) in [6.07, 6.45) is 4.06. The minimum Gasteiger partial charge on any atom is -0.251 e. The van der Waals surface area contributed by atoms with Gasteiger partial charge in [-0.3, -0.25) is 4.39 Å². The van der Waals surface area contributed by atoms with Gasteiger partial charge in [-0.05, 0) is 41.7 Å².